The number of hydrogen-bond donors (Lipinski definition) is 0. The highest BCUT2D eigenvalue weighted by Gasteiger charge is 2.59. The molecule has 1 aromatic carbocycles. The van der Waals surface area contributed by atoms with Gasteiger partial charge in [-0.2, -0.15) is 13.2 Å². The van der Waals surface area contributed by atoms with Crippen LogP contribution >= 0.6 is 11.8 Å². The lowest BCUT2D eigenvalue weighted by Crippen LogP contribution is -2.61. The molecule has 1 aliphatic rings. The lowest BCUT2D eigenvalue weighted by atomic mass is 9.88. The molecule has 11 heteroatoms. The molecule has 0 aromatic heterocycles. The molecule has 154 valence electrons. The van der Waals surface area contributed by atoms with Crippen LogP contribution in [-0.4, -0.2) is 34.6 Å². The average Bonchev–Trinajstić information content (AvgIpc) is 2.95. The summed E-state index contributed by atoms with van der Waals surface area (Å²) in [5.41, 5.74) is -4.93. The Morgan fingerprint density at radius 3 is 2.18 bits per heavy atom. The van der Waals surface area contributed by atoms with Crippen LogP contribution in [-0.2, 0) is 4.79 Å². The Morgan fingerprint density at radius 1 is 1.18 bits per heavy atom. The first-order chi connectivity index (χ1) is 13.0. The van der Waals surface area contributed by atoms with Gasteiger partial charge in [0.25, 0.3) is 0 Å². The molecular formula is C17H17F6N3OS. The van der Waals surface area contributed by atoms with Gasteiger partial charge in [0.15, 0.2) is 17.3 Å². The molecule has 1 unspecified atom stereocenters. The maximum Gasteiger partial charge on any atom is 0.434 e. The molecule has 1 amide bonds. The Morgan fingerprint density at radius 2 is 1.75 bits per heavy atom. The van der Waals surface area contributed by atoms with Gasteiger partial charge in [0.05, 0.1) is 0 Å². The first kappa shape index (κ1) is 22.3. The van der Waals surface area contributed by atoms with Crippen molar-refractivity contribution in [2.45, 2.75) is 38.9 Å². The standard InChI is InChI=1S/C17H17F6N3OS/c1-4-16(26(8-27)13-11(19)5-10(18)6-12(13)20)14(17(21,22)23)24-25-15(16)28-7-9(2)3/h5-6,8-9H,4,7H2,1-3H3. The summed E-state index contributed by atoms with van der Waals surface area (Å²) in [6, 6.07) is 0.575. The van der Waals surface area contributed by atoms with E-state index in [1.54, 1.807) is 0 Å². The van der Waals surface area contributed by atoms with Gasteiger partial charge >= 0.3 is 6.18 Å². The number of alkyl halides is 3. The molecule has 0 fully saturated rings. The zero-order chi connectivity index (χ0) is 21.3. The van der Waals surface area contributed by atoms with Crippen LogP contribution < -0.4 is 4.90 Å². The maximum atomic E-state index is 14.3. The largest absolute Gasteiger partial charge is 0.434 e. The van der Waals surface area contributed by atoms with Gasteiger partial charge in [0.2, 0.25) is 6.41 Å². The summed E-state index contributed by atoms with van der Waals surface area (Å²) in [6.45, 7) is 4.95. The third-order valence-electron chi connectivity index (χ3n) is 4.06. The molecule has 2 rings (SSSR count). The first-order valence-electron chi connectivity index (χ1n) is 8.24. The number of halogens is 6. The van der Waals surface area contributed by atoms with E-state index in [1.807, 2.05) is 13.8 Å². The molecule has 1 aromatic rings. The van der Waals surface area contributed by atoms with E-state index in [2.05, 4.69) is 10.2 Å². The summed E-state index contributed by atoms with van der Waals surface area (Å²) >= 11 is 0.913. The molecule has 0 radical (unpaired) electrons. The fourth-order valence-corrected chi connectivity index (χ4v) is 4.02. The summed E-state index contributed by atoms with van der Waals surface area (Å²) < 4.78 is 83.0. The van der Waals surface area contributed by atoms with Crippen LogP contribution in [0.2, 0.25) is 0 Å². The summed E-state index contributed by atoms with van der Waals surface area (Å²) in [5, 5.41) is 6.56. The Hall–Kier alpha value is -2.04. The van der Waals surface area contributed by atoms with Crippen molar-refractivity contribution in [3.8, 4) is 0 Å². The van der Waals surface area contributed by atoms with Crippen LogP contribution in [0, 0.1) is 23.4 Å². The lowest BCUT2D eigenvalue weighted by Gasteiger charge is -2.40. The number of hydrogen-bond acceptors (Lipinski definition) is 4. The predicted octanol–water partition coefficient (Wildman–Crippen LogP) is 4.94. The van der Waals surface area contributed by atoms with Crippen molar-refractivity contribution in [1.82, 2.24) is 0 Å². The summed E-state index contributed by atoms with van der Waals surface area (Å²) in [4.78, 5) is 12.1. The fourth-order valence-electron chi connectivity index (χ4n) is 2.85. The van der Waals surface area contributed by atoms with Crippen molar-refractivity contribution in [3.63, 3.8) is 0 Å². The van der Waals surface area contributed by atoms with Crippen LogP contribution in [0.25, 0.3) is 0 Å². The van der Waals surface area contributed by atoms with Crippen LogP contribution in [0.5, 0.6) is 0 Å². The van der Waals surface area contributed by atoms with Gasteiger partial charge in [-0.05, 0) is 12.3 Å². The lowest BCUT2D eigenvalue weighted by molar-refractivity contribution is -0.108. The van der Waals surface area contributed by atoms with Gasteiger partial charge in [0.1, 0.15) is 22.1 Å². The van der Waals surface area contributed by atoms with E-state index >= 15 is 0 Å². The molecule has 4 nitrogen and oxygen atoms in total. The molecule has 0 spiro atoms. The number of benzene rings is 1. The third-order valence-corrected chi connectivity index (χ3v) is 5.59. The molecule has 0 N–H and O–H groups in total. The first-order valence-corrected chi connectivity index (χ1v) is 9.23. The summed E-state index contributed by atoms with van der Waals surface area (Å²) in [5.74, 6) is -3.91. The molecular weight excluding hydrogens is 408 g/mol. The smallest absolute Gasteiger partial charge is 0.291 e. The molecule has 0 aliphatic carbocycles. The van der Waals surface area contributed by atoms with E-state index in [9.17, 15) is 31.1 Å². The number of anilines is 1. The van der Waals surface area contributed by atoms with Crippen molar-refractivity contribution < 1.29 is 31.1 Å². The van der Waals surface area contributed by atoms with Gasteiger partial charge in [0, 0.05) is 17.9 Å². The van der Waals surface area contributed by atoms with E-state index < -0.39 is 47.0 Å². The average molecular weight is 425 g/mol. The minimum Gasteiger partial charge on any atom is -0.291 e. The number of thioether (sulfide) groups is 1. The maximum absolute atomic E-state index is 14.3. The van der Waals surface area contributed by atoms with Crippen molar-refractivity contribution in [2.24, 2.45) is 16.1 Å². The predicted molar refractivity (Wildman–Crippen MR) is 96.1 cm³/mol. The second-order valence-electron chi connectivity index (χ2n) is 6.46. The van der Waals surface area contributed by atoms with E-state index in [0.29, 0.717) is 5.75 Å². The number of rotatable bonds is 6. The quantitative estimate of drug-likeness (QED) is 0.479. The normalized spacial score (nSPS) is 19.6. The molecule has 1 heterocycles. The van der Waals surface area contributed by atoms with Crippen LogP contribution in [0.15, 0.2) is 22.3 Å². The van der Waals surface area contributed by atoms with Gasteiger partial charge in [-0.25, -0.2) is 13.2 Å². The summed E-state index contributed by atoms with van der Waals surface area (Å²) in [7, 11) is 0. The topological polar surface area (TPSA) is 45.0 Å². The van der Waals surface area contributed by atoms with Gasteiger partial charge in [-0.15, -0.1) is 22.0 Å². The second kappa shape index (κ2) is 8.14. The molecule has 1 atom stereocenters. The third kappa shape index (κ3) is 3.89. The van der Waals surface area contributed by atoms with Crippen LogP contribution in [0.1, 0.15) is 27.2 Å². The number of amides is 1. The van der Waals surface area contributed by atoms with E-state index in [4.69, 9.17) is 0 Å². The van der Waals surface area contributed by atoms with Gasteiger partial charge in [-0.1, -0.05) is 20.8 Å². The number of carbonyl (C=O) groups excluding carboxylic acids is 1. The Labute approximate surface area is 161 Å². The monoisotopic (exact) mass is 425 g/mol. The van der Waals surface area contributed by atoms with Crippen molar-refractivity contribution >= 4 is 34.6 Å². The molecule has 0 saturated heterocycles. The van der Waals surface area contributed by atoms with Crippen molar-refractivity contribution in [3.05, 3.63) is 29.6 Å². The van der Waals surface area contributed by atoms with Gasteiger partial charge < -0.3 is 0 Å². The molecule has 1 aliphatic heterocycles. The minimum absolute atomic E-state index is 0.0566. The Bertz CT molecular complexity index is 801. The molecule has 0 saturated carbocycles. The number of carbonyl (C=O) groups is 1. The van der Waals surface area contributed by atoms with E-state index in [-0.39, 0.29) is 34.4 Å². The van der Waals surface area contributed by atoms with Crippen molar-refractivity contribution in [1.29, 1.82) is 0 Å². The highest BCUT2D eigenvalue weighted by Crippen LogP contribution is 2.43. The summed E-state index contributed by atoms with van der Waals surface area (Å²) in [6.07, 6.45) is -5.56. The Kier molecular flexibility index (Phi) is 6.47. The molecule has 0 bridgehead atoms. The zero-order valence-electron chi connectivity index (χ0n) is 15.1. The second-order valence-corrected chi connectivity index (χ2v) is 7.47. The van der Waals surface area contributed by atoms with Gasteiger partial charge in [-0.3, -0.25) is 9.69 Å². The van der Waals surface area contributed by atoms with Crippen LogP contribution in [0.3, 0.4) is 0 Å². The SMILES string of the molecule is CCC1(N(C=O)c2c(F)cc(F)cc2F)C(SCC(C)C)=NN=C1C(F)(F)F. The van der Waals surface area contributed by atoms with Crippen molar-refractivity contribution in [2.75, 3.05) is 10.7 Å². The Balaban J connectivity index is 2.71. The van der Waals surface area contributed by atoms with E-state index in [0.717, 1.165) is 11.8 Å². The highest BCUT2D eigenvalue weighted by molar-refractivity contribution is 8.14. The van der Waals surface area contributed by atoms with Crippen LogP contribution in [0.4, 0.5) is 32.0 Å². The molecule has 28 heavy (non-hydrogen) atoms. The zero-order valence-corrected chi connectivity index (χ0v) is 16.0. The fraction of sp³-hybridized carbons (Fsp3) is 0.471. The van der Waals surface area contributed by atoms with E-state index in [1.165, 1.54) is 6.92 Å². The minimum atomic E-state index is -5.02. The highest BCUT2D eigenvalue weighted by atomic mass is 32.2. The number of nitrogens with zero attached hydrogens (tertiary/aromatic N) is 3.